The van der Waals surface area contributed by atoms with E-state index in [9.17, 15) is 4.79 Å². The third kappa shape index (κ3) is 3.82. The Kier molecular flexibility index (Phi) is 4.88. The molecule has 21 heavy (non-hydrogen) atoms. The third-order valence-electron chi connectivity index (χ3n) is 4.63. The molecule has 0 atom stereocenters. The summed E-state index contributed by atoms with van der Waals surface area (Å²) in [6.07, 6.45) is 11.7. The summed E-state index contributed by atoms with van der Waals surface area (Å²) in [5.74, 6) is 3.92. The van der Waals surface area contributed by atoms with Crippen LogP contribution >= 0.6 is 11.8 Å². The molecule has 1 aliphatic carbocycles. The van der Waals surface area contributed by atoms with Gasteiger partial charge >= 0.3 is 0 Å². The predicted molar refractivity (Wildman–Crippen MR) is 86.5 cm³/mol. The molecule has 0 radical (unpaired) electrons. The third-order valence-corrected chi connectivity index (χ3v) is 5.24. The van der Waals surface area contributed by atoms with E-state index in [0.29, 0.717) is 18.2 Å². The summed E-state index contributed by atoms with van der Waals surface area (Å²) < 4.78 is 2.35. The maximum atomic E-state index is 12.1. The molecule has 1 saturated heterocycles. The summed E-state index contributed by atoms with van der Waals surface area (Å²) in [5, 5.41) is 0. The Bertz CT molecular complexity index is 476. The number of aromatic nitrogens is 2. The lowest BCUT2D eigenvalue weighted by Gasteiger charge is -2.32. The molecule has 1 aromatic heterocycles. The standard InChI is InChI=1S/C16H25N3OS/c1-21-11-6-15(20)18-8-4-14(5-9-18)16-17-7-10-19(16)12-13-2-3-13/h7,10,13-14H,2-6,8-9,11-12H2,1H3. The van der Waals surface area contributed by atoms with Crippen molar-refractivity contribution >= 4 is 17.7 Å². The number of thioether (sulfide) groups is 1. The minimum Gasteiger partial charge on any atom is -0.343 e. The second-order valence-electron chi connectivity index (χ2n) is 6.28. The van der Waals surface area contributed by atoms with Crippen molar-refractivity contribution in [2.45, 2.75) is 44.6 Å². The molecule has 3 rings (SSSR count). The zero-order valence-electron chi connectivity index (χ0n) is 12.8. The molecule has 1 amide bonds. The van der Waals surface area contributed by atoms with Crippen LogP contribution in [-0.4, -0.2) is 45.5 Å². The van der Waals surface area contributed by atoms with Crippen LogP contribution in [0.1, 0.15) is 43.8 Å². The lowest BCUT2D eigenvalue weighted by atomic mass is 9.95. The normalized spacial score (nSPS) is 20.0. The molecule has 2 aliphatic rings. The average Bonchev–Trinajstić information content (AvgIpc) is 3.21. The summed E-state index contributed by atoms with van der Waals surface area (Å²) in [5.41, 5.74) is 0. The Morgan fingerprint density at radius 2 is 2.10 bits per heavy atom. The highest BCUT2D eigenvalue weighted by atomic mass is 32.2. The molecule has 1 saturated carbocycles. The minimum absolute atomic E-state index is 0.323. The number of hydrogen-bond acceptors (Lipinski definition) is 3. The molecule has 0 unspecified atom stereocenters. The number of imidazole rings is 1. The molecular weight excluding hydrogens is 282 g/mol. The van der Waals surface area contributed by atoms with Gasteiger partial charge in [-0.2, -0.15) is 11.8 Å². The highest BCUT2D eigenvalue weighted by Crippen LogP contribution is 2.33. The molecule has 2 heterocycles. The number of carbonyl (C=O) groups is 1. The molecule has 4 nitrogen and oxygen atoms in total. The second kappa shape index (κ2) is 6.86. The highest BCUT2D eigenvalue weighted by Gasteiger charge is 2.28. The lowest BCUT2D eigenvalue weighted by Crippen LogP contribution is -2.38. The zero-order valence-corrected chi connectivity index (χ0v) is 13.6. The van der Waals surface area contributed by atoms with Crippen molar-refractivity contribution in [3.05, 3.63) is 18.2 Å². The first-order chi connectivity index (χ1) is 10.3. The van der Waals surface area contributed by atoms with Crippen molar-refractivity contribution in [3.8, 4) is 0 Å². The number of hydrogen-bond donors (Lipinski definition) is 0. The van der Waals surface area contributed by atoms with Crippen LogP contribution in [0.2, 0.25) is 0 Å². The summed E-state index contributed by atoms with van der Waals surface area (Å²) in [4.78, 5) is 18.7. The topological polar surface area (TPSA) is 38.1 Å². The Labute approximate surface area is 131 Å². The Hall–Kier alpha value is -0.970. The monoisotopic (exact) mass is 307 g/mol. The minimum atomic E-state index is 0.323. The number of rotatable bonds is 6. The van der Waals surface area contributed by atoms with Crippen LogP contribution < -0.4 is 0 Å². The van der Waals surface area contributed by atoms with Crippen LogP contribution in [0.25, 0.3) is 0 Å². The van der Waals surface area contributed by atoms with Gasteiger partial charge in [-0.25, -0.2) is 4.98 Å². The van der Waals surface area contributed by atoms with Crippen molar-refractivity contribution in [3.63, 3.8) is 0 Å². The van der Waals surface area contributed by atoms with E-state index < -0.39 is 0 Å². The van der Waals surface area contributed by atoms with Gasteiger partial charge in [-0.15, -0.1) is 0 Å². The summed E-state index contributed by atoms with van der Waals surface area (Å²) in [6.45, 7) is 2.94. The van der Waals surface area contributed by atoms with Gasteiger partial charge in [0.1, 0.15) is 5.82 Å². The fraction of sp³-hybridized carbons (Fsp3) is 0.750. The highest BCUT2D eigenvalue weighted by molar-refractivity contribution is 7.98. The summed E-state index contributed by atoms with van der Waals surface area (Å²) in [7, 11) is 0. The number of likely N-dealkylation sites (tertiary alicyclic amines) is 1. The number of piperidine rings is 1. The molecule has 5 heteroatoms. The predicted octanol–water partition coefficient (Wildman–Crippen LogP) is 2.75. The fourth-order valence-electron chi connectivity index (χ4n) is 3.15. The van der Waals surface area contributed by atoms with Crippen molar-refractivity contribution in [1.82, 2.24) is 14.5 Å². The van der Waals surface area contributed by atoms with E-state index >= 15 is 0 Å². The second-order valence-corrected chi connectivity index (χ2v) is 7.26. The van der Waals surface area contributed by atoms with Crippen molar-refractivity contribution < 1.29 is 4.79 Å². The smallest absolute Gasteiger partial charge is 0.223 e. The van der Waals surface area contributed by atoms with Crippen LogP contribution in [0.15, 0.2) is 12.4 Å². The molecular formula is C16H25N3OS. The van der Waals surface area contributed by atoms with Crippen LogP contribution in [-0.2, 0) is 11.3 Å². The van der Waals surface area contributed by atoms with Crippen LogP contribution in [0.3, 0.4) is 0 Å². The van der Waals surface area contributed by atoms with E-state index in [0.717, 1.165) is 44.1 Å². The molecule has 0 spiro atoms. The van der Waals surface area contributed by atoms with E-state index in [1.165, 1.54) is 18.7 Å². The van der Waals surface area contributed by atoms with Gasteiger partial charge in [-0.3, -0.25) is 4.79 Å². The summed E-state index contributed by atoms with van der Waals surface area (Å²) >= 11 is 1.75. The van der Waals surface area contributed by atoms with Gasteiger partial charge in [0.2, 0.25) is 5.91 Å². The number of nitrogens with zero attached hydrogens (tertiary/aromatic N) is 3. The van der Waals surface area contributed by atoms with E-state index in [1.54, 1.807) is 11.8 Å². The van der Waals surface area contributed by atoms with E-state index in [2.05, 4.69) is 22.0 Å². The maximum absolute atomic E-state index is 12.1. The SMILES string of the molecule is CSCCC(=O)N1CCC(c2nccn2CC2CC2)CC1. The number of carbonyl (C=O) groups excluding carboxylic acids is 1. The average molecular weight is 307 g/mol. The van der Waals surface area contributed by atoms with Gasteiger partial charge in [0.15, 0.2) is 0 Å². The van der Waals surface area contributed by atoms with Gasteiger partial charge in [0, 0.05) is 50.1 Å². The maximum Gasteiger partial charge on any atom is 0.223 e. The molecule has 1 aromatic rings. The Balaban J connectivity index is 1.53. The van der Waals surface area contributed by atoms with E-state index in [4.69, 9.17) is 0 Å². The van der Waals surface area contributed by atoms with Crippen LogP contribution in [0.4, 0.5) is 0 Å². The Morgan fingerprint density at radius 3 is 2.76 bits per heavy atom. The molecule has 0 N–H and O–H groups in total. The first kappa shape index (κ1) is 14.9. The molecule has 2 fully saturated rings. The van der Waals surface area contributed by atoms with Crippen LogP contribution in [0, 0.1) is 5.92 Å². The fourth-order valence-corrected chi connectivity index (χ4v) is 3.53. The van der Waals surface area contributed by atoms with Crippen molar-refractivity contribution in [2.75, 3.05) is 25.1 Å². The number of amides is 1. The molecule has 0 bridgehead atoms. The first-order valence-corrected chi connectivity index (χ1v) is 9.45. The quantitative estimate of drug-likeness (QED) is 0.811. The van der Waals surface area contributed by atoms with Gasteiger partial charge in [-0.1, -0.05) is 0 Å². The van der Waals surface area contributed by atoms with Gasteiger partial charge in [0.05, 0.1) is 0 Å². The van der Waals surface area contributed by atoms with Crippen molar-refractivity contribution in [2.24, 2.45) is 5.92 Å². The van der Waals surface area contributed by atoms with Gasteiger partial charge < -0.3 is 9.47 Å². The van der Waals surface area contributed by atoms with Crippen LogP contribution in [0.5, 0.6) is 0 Å². The summed E-state index contributed by atoms with van der Waals surface area (Å²) in [6, 6.07) is 0. The van der Waals surface area contributed by atoms with E-state index in [1.807, 2.05) is 11.1 Å². The zero-order chi connectivity index (χ0) is 14.7. The Morgan fingerprint density at radius 1 is 1.33 bits per heavy atom. The lowest BCUT2D eigenvalue weighted by molar-refractivity contribution is -0.131. The van der Waals surface area contributed by atoms with E-state index in [-0.39, 0.29) is 0 Å². The molecule has 1 aliphatic heterocycles. The molecule has 116 valence electrons. The van der Waals surface area contributed by atoms with Crippen molar-refractivity contribution in [1.29, 1.82) is 0 Å². The largest absolute Gasteiger partial charge is 0.343 e. The van der Waals surface area contributed by atoms with Gasteiger partial charge in [0.25, 0.3) is 0 Å². The first-order valence-electron chi connectivity index (χ1n) is 8.05. The van der Waals surface area contributed by atoms with Gasteiger partial charge in [-0.05, 0) is 37.9 Å². The molecule has 0 aromatic carbocycles.